The van der Waals surface area contributed by atoms with Crippen LogP contribution in [-0.4, -0.2) is 43.8 Å². The maximum atomic E-state index is 13.1. The Morgan fingerprint density at radius 2 is 2.00 bits per heavy atom. The number of amides is 2. The molecule has 0 aliphatic carbocycles. The zero-order valence-corrected chi connectivity index (χ0v) is 17.5. The monoisotopic (exact) mass is 451 g/mol. The van der Waals surface area contributed by atoms with Crippen molar-refractivity contribution in [2.75, 3.05) is 6.54 Å². The Labute approximate surface area is 187 Å². The van der Waals surface area contributed by atoms with E-state index in [0.29, 0.717) is 32.6 Å². The number of hydrogen-bond donors (Lipinski definition) is 2. The highest BCUT2D eigenvalue weighted by molar-refractivity contribution is 6.15. The minimum absolute atomic E-state index is 0.163. The van der Waals surface area contributed by atoms with Crippen LogP contribution in [0.3, 0.4) is 0 Å². The van der Waals surface area contributed by atoms with Crippen molar-refractivity contribution in [1.29, 1.82) is 0 Å². The largest absolute Gasteiger partial charge is 0.356 e. The first kappa shape index (κ1) is 21.8. The lowest BCUT2D eigenvalue weighted by molar-refractivity contribution is -0.118. The maximum Gasteiger partial charge on any atom is 0.335 e. The fourth-order valence-electron chi connectivity index (χ4n) is 3.22. The van der Waals surface area contributed by atoms with Crippen LogP contribution in [0.1, 0.15) is 22.5 Å². The van der Waals surface area contributed by atoms with E-state index in [1.807, 2.05) is 0 Å². The summed E-state index contributed by atoms with van der Waals surface area (Å²) in [5, 5.41) is 12.1. The Morgan fingerprint density at radius 3 is 2.73 bits per heavy atom. The van der Waals surface area contributed by atoms with Gasteiger partial charge in [-0.25, -0.2) is 4.99 Å². The zero-order chi connectivity index (χ0) is 23.5. The number of aromatic nitrogens is 4. The van der Waals surface area contributed by atoms with E-state index in [1.165, 1.54) is 6.20 Å². The molecule has 0 unspecified atom stereocenters. The number of nitrogens with one attached hydrogen (secondary N) is 2. The summed E-state index contributed by atoms with van der Waals surface area (Å²) in [6.07, 6.45) is 6.29. The molecule has 3 aromatic rings. The molecule has 11 heteroatoms. The lowest BCUT2D eigenvalue weighted by atomic mass is 10.1. The smallest absolute Gasteiger partial charge is 0.335 e. The van der Waals surface area contributed by atoms with Crippen LogP contribution < -0.4 is 10.6 Å². The van der Waals surface area contributed by atoms with Crippen LogP contribution in [-0.2, 0) is 11.8 Å². The van der Waals surface area contributed by atoms with Gasteiger partial charge in [-0.15, -0.1) is 5.10 Å². The van der Waals surface area contributed by atoms with E-state index in [1.54, 1.807) is 60.4 Å². The molecule has 1 aromatic carbocycles. The Balaban J connectivity index is 1.43. The van der Waals surface area contributed by atoms with E-state index < -0.39 is 12.5 Å². The number of halogens is 2. The van der Waals surface area contributed by atoms with Gasteiger partial charge in [-0.2, -0.15) is 13.5 Å². The Morgan fingerprint density at radius 1 is 1.21 bits per heavy atom. The molecule has 0 radical (unpaired) electrons. The molecule has 0 spiro atoms. The van der Waals surface area contributed by atoms with Crippen molar-refractivity contribution in [3.8, 4) is 11.3 Å². The predicted octanol–water partition coefficient (Wildman–Crippen LogP) is 2.53. The molecule has 1 aliphatic heterocycles. The van der Waals surface area contributed by atoms with E-state index >= 15 is 0 Å². The molecule has 33 heavy (non-hydrogen) atoms. The van der Waals surface area contributed by atoms with Crippen molar-refractivity contribution in [2.24, 2.45) is 12.0 Å². The van der Waals surface area contributed by atoms with Crippen LogP contribution >= 0.6 is 0 Å². The first-order valence-corrected chi connectivity index (χ1v) is 9.80. The number of aliphatic imine (C=N–C) groups is 1. The van der Waals surface area contributed by atoms with Gasteiger partial charge in [-0.3, -0.25) is 9.59 Å². The number of nitrogens with zero attached hydrogens (tertiary/aromatic N) is 5. The normalized spacial score (nSPS) is 13.2. The van der Waals surface area contributed by atoms with Crippen LogP contribution in [0, 0.1) is 0 Å². The summed E-state index contributed by atoms with van der Waals surface area (Å²) in [4.78, 5) is 28.7. The number of carbonyl (C=O) groups excluding carboxylic acids is 2. The number of rotatable bonds is 6. The Kier molecular flexibility index (Phi) is 5.94. The summed E-state index contributed by atoms with van der Waals surface area (Å²) in [6.45, 7) is 0.823. The predicted molar refractivity (Wildman–Crippen MR) is 117 cm³/mol. The van der Waals surface area contributed by atoms with Gasteiger partial charge in [0.1, 0.15) is 5.84 Å². The molecule has 0 atom stereocenters. The van der Waals surface area contributed by atoms with Crippen molar-refractivity contribution in [2.45, 2.75) is 6.55 Å². The van der Waals surface area contributed by atoms with E-state index in [0.717, 1.165) is 0 Å². The molecule has 0 bridgehead atoms. The molecule has 1 aliphatic rings. The lowest BCUT2D eigenvalue weighted by Gasteiger charge is -2.07. The summed E-state index contributed by atoms with van der Waals surface area (Å²) in [5.74, 6) is -0.589. The molecule has 0 fully saturated rings. The first-order chi connectivity index (χ1) is 15.8. The second-order valence-electron chi connectivity index (χ2n) is 7.23. The van der Waals surface area contributed by atoms with E-state index in [-0.39, 0.29) is 24.0 Å². The van der Waals surface area contributed by atoms with E-state index in [4.69, 9.17) is 0 Å². The van der Waals surface area contributed by atoms with Crippen molar-refractivity contribution >= 4 is 23.3 Å². The molecule has 2 N–H and O–H groups in total. The Hall–Kier alpha value is -4.41. The van der Waals surface area contributed by atoms with Gasteiger partial charge in [0, 0.05) is 36.1 Å². The third-order valence-corrected chi connectivity index (χ3v) is 4.82. The van der Waals surface area contributed by atoms with Gasteiger partial charge in [-0.1, -0.05) is 30.0 Å². The van der Waals surface area contributed by atoms with E-state index in [2.05, 4.69) is 32.5 Å². The topological polar surface area (TPSA) is 106 Å². The van der Waals surface area contributed by atoms with E-state index in [9.17, 15) is 18.4 Å². The van der Waals surface area contributed by atoms with Gasteiger partial charge in [0.15, 0.2) is 0 Å². The van der Waals surface area contributed by atoms with Gasteiger partial charge in [0.05, 0.1) is 29.7 Å². The highest BCUT2D eigenvalue weighted by Gasteiger charge is 2.19. The second-order valence-corrected chi connectivity index (χ2v) is 7.23. The summed E-state index contributed by atoms with van der Waals surface area (Å²) in [7, 11) is 1.79. The van der Waals surface area contributed by atoms with Gasteiger partial charge in [0.2, 0.25) is 5.91 Å². The fourth-order valence-corrected chi connectivity index (χ4v) is 3.22. The third-order valence-electron chi connectivity index (χ3n) is 4.82. The number of carbonyl (C=O) groups is 2. The van der Waals surface area contributed by atoms with Crippen LogP contribution in [0.25, 0.3) is 17.0 Å². The number of aryl methyl sites for hydroxylation is 1. The molecule has 168 valence electrons. The highest BCUT2D eigenvalue weighted by atomic mass is 19.3. The van der Waals surface area contributed by atoms with Crippen molar-refractivity contribution in [1.82, 2.24) is 30.2 Å². The third kappa shape index (κ3) is 4.76. The van der Waals surface area contributed by atoms with Crippen LogP contribution in [0.2, 0.25) is 0 Å². The number of hydrogen-bond acceptors (Lipinski definition) is 5. The highest BCUT2D eigenvalue weighted by Crippen LogP contribution is 2.29. The van der Waals surface area contributed by atoms with Gasteiger partial charge in [0.25, 0.3) is 5.91 Å². The summed E-state index contributed by atoms with van der Waals surface area (Å²) >= 11 is 0. The summed E-state index contributed by atoms with van der Waals surface area (Å²) < 4.78 is 28.5. The maximum absolute atomic E-state index is 13.1. The van der Waals surface area contributed by atoms with Crippen LogP contribution in [0.5, 0.6) is 0 Å². The number of alkyl halides is 2. The molecule has 0 saturated heterocycles. The summed E-state index contributed by atoms with van der Waals surface area (Å²) in [5.41, 5.74) is 2.70. The lowest BCUT2D eigenvalue weighted by Crippen LogP contribution is -2.39. The molecule has 4 rings (SSSR count). The van der Waals surface area contributed by atoms with Gasteiger partial charge in [-0.05, 0) is 18.2 Å². The van der Waals surface area contributed by atoms with Crippen molar-refractivity contribution < 1.29 is 18.4 Å². The minimum atomic E-state index is -2.82. The second kappa shape index (κ2) is 8.99. The minimum Gasteiger partial charge on any atom is -0.356 e. The van der Waals surface area contributed by atoms with Gasteiger partial charge < -0.3 is 15.2 Å². The first-order valence-electron chi connectivity index (χ1n) is 9.80. The summed E-state index contributed by atoms with van der Waals surface area (Å²) in [6, 6.07) is 8.43. The molecular weight excluding hydrogens is 432 g/mol. The zero-order valence-electron chi connectivity index (χ0n) is 17.5. The molecular formula is C22H19F2N7O2. The molecule has 2 aromatic heterocycles. The SMILES string of the molecule is C=C1C=C(c2cccc(-c3cnnn3C(F)F)c2)N=C1NC(=O)CNC(=O)c1ccn(C)c1. The van der Waals surface area contributed by atoms with Gasteiger partial charge >= 0.3 is 6.55 Å². The molecule has 3 heterocycles. The standard InChI is InChI=1S/C22H19F2N7O2/c1-13-8-17(14-4-3-5-15(9-14)18-10-26-29-31(18)22(23)24)27-20(13)28-19(32)11-25-21(33)16-6-7-30(2)12-16/h3-10,12,22H,1,11H2,2H3,(H,25,33)(H,27,28,32). The average Bonchev–Trinajstić information content (AvgIpc) is 3.53. The Bertz CT molecular complexity index is 1300. The average molecular weight is 451 g/mol. The van der Waals surface area contributed by atoms with Crippen LogP contribution in [0.4, 0.5) is 8.78 Å². The molecule has 2 amide bonds. The quantitative estimate of drug-likeness (QED) is 0.601. The number of benzene rings is 1. The van der Waals surface area contributed by atoms with Crippen molar-refractivity contribution in [3.63, 3.8) is 0 Å². The molecule has 9 nitrogen and oxygen atoms in total. The van der Waals surface area contributed by atoms with Crippen LogP contribution in [0.15, 0.2) is 72.1 Å². The number of amidine groups is 1. The molecule has 0 saturated carbocycles. The fraction of sp³-hybridized carbons (Fsp3) is 0.136. The van der Waals surface area contributed by atoms with Crippen molar-refractivity contribution in [3.05, 3.63) is 78.3 Å².